The van der Waals surface area contributed by atoms with Gasteiger partial charge in [-0.1, -0.05) is 11.6 Å². The smallest absolute Gasteiger partial charge is 0.296 e. The normalized spacial score (nSPS) is 19.2. The van der Waals surface area contributed by atoms with Crippen molar-refractivity contribution >= 4 is 23.0 Å². The predicted molar refractivity (Wildman–Crippen MR) is 69.2 cm³/mol. The van der Waals surface area contributed by atoms with Crippen LogP contribution in [0.5, 0.6) is 0 Å². The molecular weight excluding hydrogens is 277 g/mol. The van der Waals surface area contributed by atoms with Crippen LogP contribution in [-0.4, -0.2) is 37.3 Å². The number of hydrogen-bond acceptors (Lipinski definition) is 5. The molecule has 6 nitrogen and oxygen atoms in total. The van der Waals surface area contributed by atoms with Gasteiger partial charge < -0.3 is 15.4 Å². The summed E-state index contributed by atoms with van der Waals surface area (Å²) in [5, 5.41) is 16.7. The molecule has 1 aromatic carbocycles. The molecular formula is C11H13ClFN3O3. The highest BCUT2D eigenvalue weighted by molar-refractivity contribution is 6.31. The molecule has 0 saturated carbocycles. The zero-order valence-electron chi connectivity index (χ0n) is 9.99. The minimum absolute atomic E-state index is 0.00895. The van der Waals surface area contributed by atoms with Crippen LogP contribution in [0.3, 0.4) is 0 Å². The van der Waals surface area contributed by atoms with Crippen LogP contribution in [0.25, 0.3) is 0 Å². The van der Waals surface area contributed by atoms with Crippen molar-refractivity contribution in [1.82, 2.24) is 5.32 Å². The van der Waals surface area contributed by atoms with Gasteiger partial charge in [-0.3, -0.25) is 10.1 Å². The first-order valence-corrected chi connectivity index (χ1v) is 6.15. The standard InChI is InChI=1S/C11H13ClFN3O3/c12-7-3-9(13)11(10(4-7)16(17)18)15-6-8-5-14-1-2-19-8/h3-4,8,14-15H,1-2,5-6H2. The third-order valence-electron chi connectivity index (χ3n) is 2.74. The number of morpholine rings is 1. The largest absolute Gasteiger partial charge is 0.374 e. The number of nitrogens with zero attached hydrogens (tertiary/aromatic N) is 1. The van der Waals surface area contributed by atoms with E-state index in [9.17, 15) is 14.5 Å². The summed E-state index contributed by atoms with van der Waals surface area (Å²) in [6, 6.07) is 2.16. The van der Waals surface area contributed by atoms with Crippen LogP contribution in [-0.2, 0) is 4.74 Å². The molecule has 8 heteroatoms. The summed E-state index contributed by atoms with van der Waals surface area (Å²) >= 11 is 5.61. The first-order valence-electron chi connectivity index (χ1n) is 5.77. The van der Waals surface area contributed by atoms with E-state index in [4.69, 9.17) is 16.3 Å². The number of nitro groups is 1. The molecule has 2 N–H and O–H groups in total. The van der Waals surface area contributed by atoms with Crippen molar-refractivity contribution in [2.75, 3.05) is 31.6 Å². The van der Waals surface area contributed by atoms with E-state index < -0.39 is 10.7 Å². The summed E-state index contributed by atoms with van der Waals surface area (Å²) in [7, 11) is 0. The van der Waals surface area contributed by atoms with Crippen LogP contribution in [0, 0.1) is 15.9 Å². The van der Waals surface area contributed by atoms with E-state index in [-0.39, 0.29) is 29.0 Å². The van der Waals surface area contributed by atoms with Crippen molar-refractivity contribution < 1.29 is 14.1 Å². The lowest BCUT2D eigenvalue weighted by Crippen LogP contribution is -2.42. The van der Waals surface area contributed by atoms with Gasteiger partial charge in [0.1, 0.15) is 5.69 Å². The average Bonchev–Trinajstić information content (AvgIpc) is 2.38. The van der Waals surface area contributed by atoms with Crippen molar-refractivity contribution in [3.8, 4) is 0 Å². The van der Waals surface area contributed by atoms with Crippen molar-refractivity contribution in [1.29, 1.82) is 0 Å². The lowest BCUT2D eigenvalue weighted by atomic mass is 10.2. The Morgan fingerprint density at radius 2 is 2.42 bits per heavy atom. The Morgan fingerprint density at radius 1 is 1.63 bits per heavy atom. The van der Waals surface area contributed by atoms with Gasteiger partial charge in [-0.2, -0.15) is 0 Å². The van der Waals surface area contributed by atoms with Gasteiger partial charge in [0.2, 0.25) is 0 Å². The van der Waals surface area contributed by atoms with Crippen LogP contribution in [0.2, 0.25) is 5.02 Å². The van der Waals surface area contributed by atoms with E-state index in [1.807, 2.05) is 0 Å². The topological polar surface area (TPSA) is 76.4 Å². The van der Waals surface area contributed by atoms with Gasteiger partial charge in [-0.15, -0.1) is 0 Å². The average molecular weight is 290 g/mol. The second-order valence-corrected chi connectivity index (χ2v) is 4.55. The number of nitrogens with one attached hydrogen (secondary N) is 2. The second-order valence-electron chi connectivity index (χ2n) is 4.12. The zero-order chi connectivity index (χ0) is 13.8. The molecule has 2 rings (SSSR count). The summed E-state index contributed by atoms with van der Waals surface area (Å²) in [5.74, 6) is -0.747. The summed E-state index contributed by atoms with van der Waals surface area (Å²) in [4.78, 5) is 10.2. The number of rotatable bonds is 4. The third kappa shape index (κ3) is 3.52. The fourth-order valence-electron chi connectivity index (χ4n) is 1.85. The summed E-state index contributed by atoms with van der Waals surface area (Å²) in [6.45, 7) is 2.24. The SMILES string of the molecule is O=[N+]([O-])c1cc(Cl)cc(F)c1NCC1CNCCO1. The Balaban J connectivity index is 2.12. The van der Waals surface area contributed by atoms with E-state index in [1.165, 1.54) is 0 Å². The van der Waals surface area contributed by atoms with Gasteiger partial charge in [-0.25, -0.2) is 4.39 Å². The van der Waals surface area contributed by atoms with Gasteiger partial charge >= 0.3 is 0 Å². The second kappa shape index (κ2) is 6.14. The van der Waals surface area contributed by atoms with Crippen LogP contribution in [0.1, 0.15) is 0 Å². The Labute approximate surface area is 114 Å². The summed E-state index contributed by atoms with van der Waals surface area (Å²) < 4.78 is 19.1. The van der Waals surface area contributed by atoms with Crippen molar-refractivity contribution in [2.24, 2.45) is 0 Å². The minimum atomic E-state index is -0.747. The lowest BCUT2D eigenvalue weighted by Gasteiger charge is -2.24. The lowest BCUT2D eigenvalue weighted by molar-refractivity contribution is -0.384. The predicted octanol–water partition coefficient (Wildman–Crippen LogP) is 1.79. The van der Waals surface area contributed by atoms with Gasteiger partial charge in [0.15, 0.2) is 5.82 Å². The molecule has 0 bridgehead atoms. The molecule has 1 fully saturated rings. The first-order chi connectivity index (χ1) is 9.08. The van der Waals surface area contributed by atoms with Gasteiger partial charge in [0.25, 0.3) is 5.69 Å². The molecule has 1 aliphatic rings. The highest BCUT2D eigenvalue weighted by Crippen LogP contribution is 2.31. The number of hydrogen-bond donors (Lipinski definition) is 2. The highest BCUT2D eigenvalue weighted by Gasteiger charge is 2.21. The highest BCUT2D eigenvalue weighted by atomic mass is 35.5. The molecule has 1 heterocycles. The maximum atomic E-state index is 13.7. The quantitative estimate of drug-likeness (QED) is 0.653. The first kappa shape index (κ1) is 14.0. The number of anilines is 1. The third-order valence-corrected chi connectivity index (χ3v) is 2.96. The summed E-state index contributed by atoms with van der Waals surface area (Å²) in [5.41, 5.74) is -0.544. The number of benzene rings is 1. The number of nitro benzene ring substituents is 1. The Morgan fingerprint density at radius 3 is 3.05 bits per heavy atom. The van der Waals surface area contributed by atoms with E-state index in [0.29, 0.717) is 13.2 Å². The fraction of sp³-hybridized carbons (Fsp3) is 0.455. The van der Waals surface area contributed by atoms with E-state index in [0.717, 1.165) is 18.7 Å². The molecule has 0 amide bonds. The van der Waals surface area contributed by atoms with Crippen LogP contribution in [0.4, 0.5) is 15.8 Å². The number of ether oxygens (including phenoxy) is 1. The Bertz CT molecular complexity index is 480. The van der Waals surface area contributed by atoms with Crippen LogP contribution >= 0.6 is 11.6 Å². The van der Waals surface area contributed by atoms with Crippen molar-refractivity contribution in [3.05, 3.63) is 33.1 Å². The molecule has 1 unspecified atom stereocenters. The maximum absolute atomic E-state index is 13.7. The van der Waals surface area contributed by atoms with E-state index >= 15 is 0 Å². The molecule has 1 atom stereocenters. The molecule has 1 aromatic rings. The monoisotopic (exact) mass is 289 g/mol. The van der Waals surface area contributed by atoms with Gasteiger partial charge in [0, 0.05) is 25.7 Å². The van der Waals surface area contributed by atoms with Gasteiger partial charge in [-0.05, 0) is 6.07 Å². The molecule has 0 radical (unpaired) electrons. The zero-order valence-corrected chi connectivity index (χ0v) is 10.7. The molecule has 1 saturated heterocycles. The Kier molecular flexibility index (Phi) is 4.52. The van der Waals surface area contributed by atoms with Crippen molar-refractivity contribution in [2.45, 2.75) is 6.10 Å². The van der Waals surface area contributed by atoms with Crippen molar-refractivity contribution in [3.63, 3.8) is 0 Å². The minimum Gasteiger partial charge on any atom is -0.374 e. The number of halogens is 2. The van der Waals surface area contributed by atoms with E-state index in [1.54, 1.807) is 0 Å². The molecule has 0 spiro atoms. The fourth-order valence-corrected chi connectivity index (χ4v) is 2.04. The summed E-state index contributed by atoms with van der Waals surface area (Å²) in [6.07, 6.45) is -0.150. The maximum Gasteiger partial charge on any atom is 0.296 e. The molecule has 104 valence electrons. The van der Waals surface area contributed by atoms with Crippen LogP contribution in [0.15, 0.2) is 12.1 Å². The van der Waals surface area contributed by atoms with E-state index in [2.05, 4.69) is 10.6 Å². The molecule has 1 aliphatic heterocycles. The molecule has 0 aromatic heterocycles. The molecule has 19 heavy (non-hydrogen) atoms. The molecule has 0 aliphatic carbocycles. The van der Waals surface area contributed by atoms with Gasteiger partial charge in [0.05, 0.1) is 22.7 Å². The van der Waals surface area contributed by atoms with Crippen LogP contribution < -0.4 is 10.6 Å². The Hall–Kier alpha value is -1.44.